The highest BCUT2D eigenvalue weighted by atomic mass is 16.7. The Morgan fingerprint density at radius 1 is 0.931 bits per heavy atom. The van der Waals surface area contributed by atoms with Crippen LogP contribution < -0.4 is 0 Å². The molecule has 1 N–H and O–H groups in total. The van der Waals surface area contributed by atoms with Gasteiger partial charge < -0.3 is 9.94 Å². The second-order valence-electron chi connectivity index (χ2n) is 6.99. The van der Waals surface area contributed by atoms with Crippen LogP contribution in [0.15, 0.2) is 42.5 Å². The highest BCUT2D eigenvalue weighted by Crippen LogP contribution is 2.30. The molecule has 0 heterocycles. The lowest BCUT2D eigenvalue weighted by Gasteiger charge is -2.19. The van der Waals surface area contributed by atoms with E-state index in [2.05, 4.69) is 6.92 Å². The summed E-state index contributed by atoms with van der Waals surface area (Å²) in [6.45, 7) is 6.97. The monoisotopic (exact) mass is 397 g/mol. The van der Waals surface area contributed by atoms with E-state index in [4.69, 9.17) is 4.84 Å². The maximum atomic E-state index is 13.2. The van der Waals surface area contributed by atoms with E-state index in [9.17, 15) is 14.7 Å². The topological polar surface area (TPSA) is 66.8 Å². The molecule has 0 aliphatic heterocycles. The van der Waals surface area contributed by atoms with Gasteiger partial charge >= 0.3 is 5.97 Å². The maximum absolute atomic E-state index is 13.2. The molecule has 0 bridgehead atoms. The van der Waals surface area contributed by atoms with Crippen molar-refractivity contribution in [1.29, 1.82) is 0 Å². The van der Waals surface area contributed by atoms with E-state index < -0.39 is 5.97 Å². The number of unbranched alkanes of at least 4 members (excludes halogenated alkanes) is 3. The Bertz CT molecular complexity index is 813. The van der Waals surface area contributed by atoms with Crippen LogP contribution in [0.5, 0.6) is 5.75 Å². The van der Waals surface area contributed by atoms with Crippen LogP contribution in [-0.4, -0.2) is 35.0 Å². The predicted octanol–water partition coefficient (Wildman–Crippen LogP) is 5.16. The van der Waals surface area contributed by atoms with Gasteiger partial charge in [0.05, 0.1) is 5.56 Å². The Hall–Kier alpha value is -2.66. The van der Waals surface area contributed by atoms with Crippen molar-refractivity contribution >= 4 is 11.8 Å². The normalized spacial score (nSPS) is 10.9. The molecule has 0 aliphatic rings. The standard InChI is InChI=1S/C24H31NO4/c1-4-7-8-10-13-18-16-17-20(24(28)29-25(5-2)6-3)23(27)21(18)22(26)19-14-11-9-12-15-19/h9,11-12,14-17,27H,4-8,10,13H2,1-3H3. The van der Waals surface area contributed by atoms with Crippen molar-refractivity contribution in [2.45, 2.75) is 52.9 Å². The summed E-state index contributed by atoms with van der Waals surface area (Å²) < 4.78 is 0. The van der Waals surface area contributed by atoms with Gasteiger partial charge in [0.1, 0.15) is 11.3 Å². The number of hydrogen-bond donors (Lipinski definition) is 1. The van der Waals surface area contributed by atoms with Crippen molar-refractivity contribution < 1.29 is 19.5 Å². The van der Waals surface area contributed by atoms with E-state index in [1.807, 2.05) is 19.9 Å². The molecule has 0 aromatic heterocycles. The maximum Gasteiger partial charge on any atom is 0.360 e. The fraction of sp³-hybridized carbons (Fsp3) is 0.417. The predicted molar refractivity (Wildman–Crippen MR) is 114 cm³/mol. The third-order valence-electron chi connectivity index (χ3n) is 4.96. The van der Waals surface area contributed by atoms with Gasteiger partial charge in [-0.2, -0.15) is 0 Å². The molecular weight excluding hydrogens is 366 g/mol. The Balaban J connectivity index is 2.41. The quantitative estimate of drug-likeness (QED) is 0.322. The summed E-state index contributed by atoms with van der Waals surface area (Å²) in [5, 5.41) is 12.4. The molecule has 2 aromatic carbocycles. The second kappa shape index (κ2) is 11.4. The summed E-state index contributed by atoms with van der Waals surface area (Å²) in [6.07, 6.45) is 4.90. The number of phenolic OH excluding ortho intramolecular Hbond substituents is 1. The van der Waals surface area contributed by atoms with Crippen LogP contribution in [0.2, 0.25) is 0 Å². The van der Waals surface area contributed by atoms with Gasteiger partial charge in [-0.1, -0.05) is 62.6 Å². The fourth-order valence-electron chi connectivity index (χ4n) is 3.25. The summed E-state index contributed by atoms with van der Waals surface area (Å²) in [5.41, 5.74) is 1.44. The number of carbonyl (C=O) groups is 2. The largest absolute Gasteiger partial charge is 0.506 e. The second-order valence-corrected chi connectivity index (χ2v) is 6.99. The first-order valence-corrected chi connectivity index (χ1v) is 10.4. The van der Waals surface area contributed by atoms with Gasteiger partial charge in [-0.3, -0.25) is 4.79 Å². The first-order chi connectivity index (χ1) is 14.0. The lowest BCUT2D eigenvalue weighted by Crippen LogP contribution is -2.27. The van der Waals surface area contributed by atoms with Crippen LogP contribution in [-0.2, 0) is 11.3 Å². The van der Waals surface area contributed by atoms with E-state index >= 15 is 0 Å². The average molecular weight is 398 g/mol. The van der Waals surface area contributed by atoms with Gasteiger partial charge in [-0.25, -0.2) is 4.79 Å². The molecular formula is C24H31NO4. The molecule has 0 saturated carbocycles. The van der Waals surface area contributed by atoms with Crippen LogP contribution in [0.3, 0.4) is 0 Å². The number of hydroxylamine groups is 2. The van der Waals surface area contributed by atoms with Gasteiger partial charge in [0.15, 0.2) is 5.78 Å². The molecule has 0 aliphatic carbocycles. The molecule has 0 unspecified atom stereocenters. The van der Waals surface area contributed by atoms with E-state index in [0.717, 1.165) is 31.2 Å². The molecule has 0 saturated heterocycles. The van der Waals surface area contributed by atoms with Crippen LogP contribution in [0.1, 0.15) is 78.3 Å². The zero-order chi connectivity index (χ0) is 21.2. The first-order valence-electron chi connectivity index (χ1n) is 10.4. The lowest BCUT2D eigenvalue weighted by molar-refractivity contribution is -0.103. The van der Waals surface area contributed by atoms with Crippen LogP contribution in [0.4, 0.5) is 0 Å². The van der Waals surface area contributed by atoms with Crippen LogP contribution >= 0.6 is 0 Å². The number of aromatic hydroxyl groups is 1. The number of hydrogen-bond acceptors (Lipinski definition) is 5. The molecule has 29 heavy (non-hydrogen) atoms. The number of carbonyl (C=O) groups excluding carboxylic acids is 2. The van der Waals surface area contributed by atoms with Crippen molar-refractivity contribution in [2.75, 3.05) is 13.1 Å². The van der Waals surface area contributed by atoms with Crippen molar-refractivity contribution in [3.63, 3.8) is 0 Å². The number of rotatable bonds is 11. The molecule has 2 rings (SSSR count). The van der Waals surface area contributed by atoms with Gasteiger partial charge in [0.2, 0.25) is 0 Å². The average Bonchev–Trinajstić information content (AvgIpc) is 2.75. The molecule has 0 spiro atoms. The summed E-state index contributed by atoms with van der Waals surface area (Å²) in [5.74, 6) is -1.25. The highest BCUT2D eigenvalue weighted by molar-refractivity contribution is 6.13. The van der Waals surface area contributed by atoms with Crippen molar-refractivity contribution in [3.05, 3.63) is 64.7 Å². The van der Waals surface area contributed by atoms with E-state index in [-0.39, 0.29) is 22.7 Å². The minimum absolute atomic E-state index is 0.00786. The minimum Gasteiger partial charge on any atom is -0.506 e. The van der Waals surface area contributed by atoms with Gasteiger partial charge in [-0.05, 0) is 38.3 Å². The third kappa shape index (κ3) is 5.91. The molecule has 0 amide bonds. The van der Waals surface area contributed by atoms with E-state index in [1.165, 1.54) is 5.06 Å². The summed E-state index contributed by atoms with van der Waals surface area (Å²) in [4.78, 5) is 31.1. The van der Waals surface area contributed by atoms with Crippen LogP contribution in [0.25, 0.3) is 0 Å². The molecule has 0 atom stereocenters. The fourth-order valence-corrected chi connectivity index (χ4v) is 3.25. The van der Waals surface area contributed by atoms with E-state index in [1.54, 1.807) is 36.4 Å². The van der Waals surface area contributed by atoms with Crippen LogP contribution in [0, 0.1) is 0 Å². The number of aryl methyl sites for hydroxylation is 1. The van der Waals surface area contributed by atoms with Crippen molar-refractivity contribution in [3.8, 4) is 5.75 Å². The van der Waals surface area contributed by atoms with Gasteiger partial charge in [0.25, 0.3) is 0 Å². The molecule has 0 fully saturated rings. The Kier molecular flexibility index (Phi) is 8.87. The molecule has 5 nitrogen and oxygen atoms in total. The third-order valence-corrected chi connectivity index (χ3v) is 4.96. The van der Waals surface area contributed by atoms with Gasteiger partial charge in [-0.15, -0.1) is 5.06 Å². The zero-order valence-electron chi connectivity index (χ0n) is 17.6. The summed E-state index contributed by atoms with van der Waals surface area (Å²) in [6, 6.07) is 12.1. The van der Waals surface area contributed by atoms with Crippen molar-refractivity contribution in [1.82, 2.24) is 5.06 Å². The molecule has 5 heteroatoms. The lowest BCUT2D eigenvalue weighted by atomic mass is 9.92. The molecule has 2 aromatic rings. The molecule has 0 radical (unpaired) electrons. The molecule has 156 valence electrons. The number of ketones is 1. The Morgan fingerprint density at radius 3 is 2.24 bits per heavy atom. The summed E-state index contributed by atoms with van der Waals surface area (Å²) in [7, 11) is 0. The van der Waals surface area contributed by atoms with Gasteiger partial charge in [0, 0.05) is 18.7 Å². The smallest absolute Gasteiger partial charge is 0.360 e. The Labute approximate surface area is 173 Å². The summed E-state index contributed by atoms with van der Waals surface area (Å²) >= 11 is 0. The number of phenols is 1. The van der Waals surface area contributed by atoms with Crippen molar-refractivity contribution in [2.24, 2.45) is 0 Å². The number of nitrogens with zero attached hydrogens (tertiary/aromatic N) is 1. The number of benzene rings is 2. The van der Waals surface area contributed by atoms with E-state index in [0.29, 0.717) is 25.1 Å². The SMILES string of the molecule is CCCCCCc1ccc(C(=O)ON(CC)CC)c(O)c1C(=O)c1ccccc1. The highest BCUT2D eigenvalue weighted by Gasteiger charge is 2.25. The minimum atomic E-state index is -0.661. The first kappa shape index (κ1) is 22.6. The zero-order valence-corrected chi connectivity index (χ0v) is 17.6. The Morgan fingerprint density at radius 2 is 1.62 bits per heavy atom.